The highest BCUT2D eigenvalue weighted by Crippen LogP contribution is 2.30. The maximum atomic E-state index is 12.8. The van der Waals surface area contributed by atoms with Gasteiger partial charge in [-0.3, -0.25) is 9.59 Å². The summed E-state index contributed by atoms with van der Waals surface area (Å²) < 4.78 is 43.4. The maximum absolute atomic E-state index is 12.8. The first kappa shape index (κ1) is 22.9. The largest absolute Gasteiger partial charge is 0.497 e. The molecular formula is C23H25F3N4O3. The van der Waals surface area contributed by atoms with E-state index in [1.807, 2.05) is 11.0 Å². The monoisotopic (exact) mass is 462 g/mol. The average Bonchev–Trinajstić information content (AvgIpc) is 3.21. The highest BCUT2D eigenvalue weighted by atomic mass is 19.4. The summed E-state index contributed by atoms with van der Waals surface area (Å²) in [5, 5.41) is 3.04. The first-order valence-corrected chi connectivity index (χ1v) is 10.8. The molecule has 3 heterocycles. The SMILES string of the molecule is COc1cccc(N2CC(C(=O)NC3CCN(c4ccc(C(F)(F)F)cn4)CC3)CC2=O)c1. The number of ether oxygens (including phenoxy) is 1. The molecular weight excluding hydrogens is 437 g/mol. The molecule has 0 saturated carbocycles. The number of anilines is 2. The molecule has 4 rings (SSSR count). The second kappa shape index (κ2) is 9.29. The molecule has 2 amide bonds. The number of hydrogen-bond donors (Lipinski definition) is 1. The van der Waals surface area contributed by atoms with Crippen molar-refractivity contribution in [2.24, 2.45) is 5.92 Å². The molecule has 33 heavy (non-hydrogen) atoms. The first-order valence-electron chi connectivity index (χ1n) is 10.8. The summed E-state index contributed by atoms with van der Waals surface area (Å²) in [6, 6.07) is 9.52. The summed E-state index contributed by atoms with van der Waals surface area (Å²) in [6.45, 7) is 1.46. The van der Waals surface area contributed by atoms with Crippen LogP contribution >= 0.6 is 0 Å². The number of hydrogen-bond acceptors (Lipinski definition) is 5. The van der Waals surface area contributed by atoms with E-state index in [0.29, 0.717) is 49.7 Å². The normalized spacial score (nSPS) is 19.6. The van der Waals surface area contributed by atoms with Gasteiger partial charge in [-0.15, -0.1) is 0 Å². The van der Waals surface area contributed by atoms with Crippen molar-refractivity contribution in [3.8, 4) is 5.75 Å². The lowest BCUT2D eigenvalue weighted by atomic mass is 10.0. The van der Waals surface area contributed by atoms with Crippen LogP contribution in [0.2, 0.25) is 0 Å². The Balaban J connectivity index is 1.29. The third kappa shape index (κ3) is 5.20. The molecule has 0 bridgehead atoms. The number of nitrogens with one attached hydrogen (secondary N) is 1. The van der Waals surface area contributed by atoms with Gasteiger partial charge in [-0.2, -0.15) is 13.2 Å². The lowest BCUT2D eigenvalue weighted by Gasteiger charge is -2.33. The molecule has 1 unspecified atom stereocenters. The Kier molecular flexibility index (Phi) is 6.44. The van der Waals surface area contributed by atoms with Gasteiger partial charge < -0.3 is 19.9 Å². The van der Waals surface area contributed by atoms with Gasteiger partial charge in [0.05, 0.1) is 18.6 Å². The van der Waals surface area contributed by atoms with Crippen LogP contribution in [0.5, 0.6) is 5.75 Å². The molecule has 10 heteroatoms. The second-order valence-corrected chi connectivity index (χ2v) is 8.28. The predicted molar refractivity (Wildman–Crippen MR) is 116 cm³/mol. The maximum Gasteiger partial charge on any atom is 0.417 e. The lowest BCUT2D eigenvalue weighted by molar-refractivity contribution is -0.137. The van der Waals surface area contributed by atoms with Crippen molar-refractivity contribution in [3.63, 3.8) is 0 Å². The molecule has 2 aliphatic heterocycles. The van der Waals surface area contributed by atoms with Gasteiger partial charge in [-0.1, -0.05) is 6.07 Å². The van der Waals surface area contributed by atoms with E-state index in [9.17, 15) is 22.8 Å². The summed E-state index contributed by atoms with van der Waals surface area (Å²) in [7, 11) is 1.56. The quantitative estimate of drug-likeness (QED) is 0.739. The van der Waals surface area contributed by atoms with Crippen LogP contribution in [-0.2, 0) is 15.8 Å². The molecule has 0 spiro atoms. The van der Waals surface area contributed by atoms with Crippen molar-refractivity contribution in [1.29, 1.82) is 0 Å². The minimum atomic E-state index is -4.41. The number of alkyl halides is 3. The molecule has 1 atom stereocenters. The lowest BCUT2D eigenvalue weighted by Crippen LogP contribution is -2.47. The van der Waals surface area contributed by atoms with E-state index in [1.54, 1.807) is 30.2 Å². The van der Waals surface area contributed by atoms with Crippen molar-refractivity contribution in [1.82, 2.24) is 10.3 Å². The van der Waals surface area contributed by atoms with Crippen LogP contribution in [0.4, 0.5) is 24.7 Å². The molecule has 1 aromatic carbocycles. The zero-order valence-corrected chi connectivity index (χ0v) is 18.1. The number of piperidine rings is 1. The van der Waals surface area contributed by atoms with Gasteiger partial charge in [-0.05, 0) is 37.1 Å². The second-order valence-electron chi connectivity index (χ2n) is 8.28. The highest BCUT2D eigenvalue weighted by molar-refractivity contribution is 6.00. The molecule has 2 aliphatic rings. The van der Waals surface area contributed by atoms with Gasteiger partial charge in [-0.25, -0.2) is 4.98 Å². The summed E-state index contributed by atoms with van der Waals surface area (Å²) in [6.07, 6.45) is -2.12. The third-order valence-electron chi connectivity index (χ3n) is 6.10. The number of halogens is 3. The molecule has 2 saturated heterocycles. The summed E-state index contributed by atoms with van der Waals surface area (Å²) in [4.78, 5) is 32.7. The van der Waals surface area contributed by atoms with E-state index >= 15 is 0 Å². The molecule has 7 nitrogen and oxygen atoms in total. The van der Waals surface area contributed by atoms with E-state index in [1.165, 1.54) is 6.07 Å². The van der Waals surface area contributed by atoms with Crippen LogP contribution in [0.3, 0.4) is 0 Å². The average molecular weight is 462 g/mol. The number of methoxy groups -OCH3 is 1. The van der Waals surface area contributed by atoms with Gasteiger partial charge in [0.1, 0.15) is 11.6 Å². The minimum Gasteiger partial charge on any atom is -0.497 e. The Hall–Kier alpha value is -3.30. The molecule has 1 aromatic heterocycles. The Morgan fingerprint density at radius 3 is 2.58 bits per heavy atom. The van der Waals surface area contributed by atoms with E-state index < -0.39 is 17.7 Å². The third-order valence-corrected chi connectivity index (χ3v) is 6.10. The van der Waals surface area contributed by atoms with Gasteiger partial charge >= 0.3 is 6.18 Å². The van der Waals surface area contributed by atoms with Crippen LogP contribution < -0.4 is 19.9 Å². The minimum absolute atomic E-state index is 0.0517. The topological polar surface area (TPSA) is 74.8 Å². The van der Waals surface area contributed by atoms with Crippen LogP contribution in [0.15, 0.2) is 42.6 Å². The van der Waals surface area contributed by atoms with Crippen molar-refractivity contribution < 1.29 is 27.5 Å². The number of aromatic nitrogens is 1. The number of amides is 2. The first-order chi connectivity index (χ1) is 15.7. The van der Waals surface area contributed by atoms with E-state index in [-0.39, 0.29) is 24.3 Å². The molecule has 2 aromatic rings. The highest BCUT2D eigenvalue weighted by Gasteiger charge is 2.36. The number of carbonyl (C=O) groups excluding carboxylic acids is 2. The summed E-state index contributed by atoms with van der Waals surface area (Å²) in [5.74, 6) is 0.440. The predicted octanol–water partition coefficient (Wildman–Crippen LogP) is 3.25. The van der Waals surface area contributed by atoms with Crippen molar-refractivity contribution >= 4 is 23.3 Å². The number of rotatable bonds is 5. The fraction of sp³-hybridized carbons (Fsp3) is 0.435. The number of pyridine rings is 1. The number of carbonyl (C=O) groups is 2. The fourth-order valence-electron chi connectivity index (χ4n) is 4.22. The summed E-state index contributed by atoms with van der Waals surface area (Å²) in [5.41, 5.74) is -0.0745. The van der Waals surface area contributed by atoms with Gasteiger partial charge in [0.25, 0.3) is 0 Å². The van der Waals surface area contributed by atoms with E-state index in [0.717, 1.165) is 12.3 Å². The Bertz CT molecular complexity index is 1000. The van der Waals surface area contributed by atoms with Crippen LogP contribution in [0, 0.1) is 5.92 Å². The standard InChI is InChI=1S/C23H25F3N4O3/c1-33-19-4-2-3-18(12-19)30-14-15(11-21(30)31)22(32)28-17-7-9-29(10-8-17)20-6-5-16(13-27-20)23(24,25)26/h2-6,12-13,15,17H,7-11,14H2,1H3,(H,28,32). The van der Waals surface area contributed by atoms with Crippen LogP contribution in [0.1, 0.15) is 24.8 Å². The number of benzene rings is 1. The Morgan fingerprint density at radius 2 is 1.94 bits per heavy atom. The van der Waals surface area contributed by atoms with Gasteiger partial charge in [0, 0.05) is 50.0 Å². The number of nitrogens with zero attached hydrogens (tertiary/aromatic N) is 3. The molecule has 2 fully saturated rings. The van der Waals surface area contributed by atoms with Crippen LogP contribution in [-0.4, -0.2) is 49.6 Å². The van der Waals surface area contributed by atoms with Crippen LogP contribution in [0.25, 0.3) is 0 Å². The van der Waals surface area contributed by atoms with Crippen molar-refractivity contribution in [2.75, 3.05) is 36.5 Å². The smallest absolute Gasteiger partial charge is 0.417 e. The zero-order valence-electron chi connectivity index (χ0n) is 18.1. The Labute approximate surface area is 189 Å². The molecule has 176 valence electrons. The summed E-state index contributed by atoms with van der Waals surface area (Å²) >= 11 is 0. The van der Waals surface area contributed by atoms with Crippen molar-refractivity contribution in [3.05, 3.63) is 48.2 Å². The zero-order chi connectivity index (χ0) is 23.6. The Morgan fingerprint density at radius 1 is 1.18 bits per heavy atom. The van der Waals surface area contributed by atoms with E-state index in [2.05, 4.69) is 10.3 Å². The van der Waals surface area contributed by atoms with Gasteiger partial charge in [0.2, 0.25) is 11.8 Å². The molecule has 1 N–H and O–H groups in total. The van der Waals surface area contributed by atoms with Gasteiger partial charge in [0.15, 0.2) is 0 Å². The molecule has 0 aliphatic carbocycles. The fourth-order valence-corrected chi connectivity index (χ4v) is 4.22. The molecule has 0 radical (unpaired) electrons. The van der Waals surface area contributed by atoms with Crippen molar-refractivity contribution in [2.45, 2.75) is 31.5 Å². The van der Waals surface area contributed by atoms with E-state index in [4.69, 9.17) is 4.74 Å².